The fourth-order valence-electron chi connectivity index (χ4n) is 3.23. The molecule has 0 unspecified atom stereocenters. The van der Waals surface area contributed by atoms with Crippen molar-refractivity contribution in [2.45, 2.75) is 24.9 Å². The van der Waals surface area contributed by atoms with E-state index in [9.17, 15) is 9.59 Å². The summed E-state index contributed by atoms with van der Waals surface area (Å²) in [7, 11) is 1.82. The van der Waals surface area contributed by atoms with Crippen LogP contribution in [0.5, 0.6) is 0 Å². The Labute approximate surface area is 143 Å². The molecule has 4 heterocycles. The minimum Gasteiger partial charge on any atom is -0.347 e. The Bertz CT molecular complexity index is 943. The quantitative estimate of drug-likeness (QED) is 0.739. The van der Waals surface area contributed by atoms with Crippen LogP contribution in [0.15, 0.2) is 43.0 Å². The molecule has 2 atom stereocenters. The highest BCUT2D eigenvalue weighted by Gasteiger charge is 2.32. The molecule has 0 aromatic carbocycles. The number of nitrogens with zero attached hydrogens (tertiary/aromatic N) is 4. The molecule has 0 spiro atoms. The smallest absolute Gasteiger partial charge is 0.253 e. The molecular formula is C17H18N6O2. The zero-order valence-corrected chi connectivity index (χ0v) is 13.7. The molecule has 1 aliphatic heterocycles. The molecule has 1 fully saturated rings. The Morgan fingerprint density at radius 1 is 1.32 bits per heavy atom. The molecule has 4 rings (SSSR count). The van der Waals surface area contributed by atoms with Gasteiger partial charge in [-0.3, -0.25) is 14.3 Å². The first kappa shape index (κ1) is 15.4. The molecule has 0 aliphatic carbocycles. The molecule has 2 N–H and O–H groups in total. The number of imidazole rings is 1. The summed E-state index contributed by atoms with van der Waals surface area (Å²) in [5.74, 6) is -0.194. The lowest BCUT2D eigenvalue weighted by Gasteiger charge is -2.32. The third-order valence-corrected chi connectivity index (χ3v) is 4.55. The van der Waals surface area contributed by atoms with Gasteiger partial charge in [0, 0.05) is 38.3 Å². The van der Waals surface area contributed by atoms with Gasteiger partial charge in [-0.05, 0) is 24.6 Å². The summed E-state index contributed by atoms with van der Waals surface area (Å²) < 4.78 is 3.52. The standard InChI is InChI=1S/C17H18N6O2/c1-22-13(6-7-19-22)16-12(3-5-15(24)21-16)20-17(25)11-2-4-14-18-8-9-23(14)10-11/h2,4,6-10,12,16H,3,5H2,1H3,(H,20,25)(H,21,24)/t12-,16-/m1/s1. The molecule has 128 valence electrons. The van der Waals surface area contributed by atoms with Crippen molar-refractivity contribution >= 4 is 17.5 Å². The molecule has 0 saturated carbocycles. The van der Waals surface area contributed by atoms with E-state index >= 15 is 0 Å². The summed E-state index contributed by atoms with van der Waals surface area (Å²) in [6.07, 6.45) is 7.89. The van der Waals surface area contributed by atoms with Gasteiger partial charge in [-0.15, -0.1) is 0 Å². The van der Waals surface area contributed by atoms with Crippen LogP contribution >= 0.6 is 0 Å². The largest absolute Gasteiger partial charge is 0.347 e. The highest BCUT2D eigenvalue weighted by atomic mass is 16.2. The van der Waals surface area contributed by atoms with Gasteiger partial charge in [0.05, 0.1) is 23.3 Å². The first-order valence-corrected chi connectivity index (χ1v) is 8.12. The van der Waals surface area contributed by atoms with Crippen LogP contribution in [0.2, 0.25) is 0 Å². The Kier molecular flexibility index (Phi) is 3.72. The number of carbonyl (C=O) groups excluding carboxylic acids is 2. The van der Waals surface area contributed by atoms with Crippen molar-refractivity contribution < 1.29 is 9.59 Å². The van der Waals surface area contributed by atoms with Crippen LogP contribution in [0.4, 0.5) is 0 Å². The SMILES string of the molecule is Cn1nccc1[C@@H]1NC(=O)CC[C@H]1NC(=O)c1ccc2nccn2c1. The zero-order chi connectivity index (χ0) is 17.4. The van der Waals surface area contributed by atoms with Crippen molar-refractivity contribution in [2.75, 3.05) is 0 Å². The maximum Gasteiger partial charge on any atom is 0.253 e. The summed E-state index contributed by atoms with van der Waals surface area (Å²) in [4.78, 5) is 28.7. The number of amides is 2. The average Bonchev–Trinajstić information content (AvgIpc) is 3.24. The van der Waals surface area contributed by atoms with Crippen molar-refractivity contribution in [3.05, 3.63) is 54.2 Å². The van der Waals surface area contributed by atoms with Crippen LogP contribution in [0.1, 0.15) is 34.9 Å². The van der Waals surface area contributed by atoms with Crippen LogP contribution in [0.25, 0.3) is 5.65 Å². The molecule has 0 bridgehead atoms. The number of hydrogen-bond acceptors (Lipinski definition) is 4. The number of pyridine rings is 1. The number of piperidine rings is 1. The molecular weight excluding hydrogens is 320 g/mol. The number of aromatic nitrogens is 4. The molecule has 25 heavy (non-hydrogen) atoms. The highest BCUT2D eigenvalue weighted by molar-refractivity contribution is 5.94. The Hall–Kier alpha value is -3.16. The van der Waals surface area contributed by atoms with Gasteiger partial charge >= 0.3 is 0 Å². The van der Waals surface area contributed by atoms with E-state index in [4.69, 9.17) is 0 Å². The molecule has 2 amide bonds. The third kappa shape index (κ3) is 2.86. The first-order valence-electron chi connectivity index (χ1n) is 8.12. The van der Waals surface area contributed by atoms with Crippen molar-refractivity contribution in [3.63, 3.8) is 0 Å². The van der Waals surface area contributed by atoms with E-state index < -0.39 is 0 Å². The fraction of sp³-hybridized carbons (Fsp3) is 0.294. The molecule has 3 aromatic heterocycles. The van der Waals surface area contributed by atoms with Crippen LogP contribution in [0.3, 0.4) is 0 Å². The lowest BCUT2D eigenvalue weighted by molar-refractivity contribution is -0.123. The minimum absolute atomic E-state index is 0.0171. The van der Waals surface area contributed by atoms with Gasteiger partial charge in [-0.1, -0.05) is 0 Å². The molecule has 3 aromatic rings. The van der Waals surface area contributed by atoms with Gasteiger partial charge in [0.2, 0.25) is 5.91 Å². The maximum absolute atomic E-state index is 12.7. The number of aryl methyl sites for hydroxylation is 1. The topological polar surface area (TPSA) is 93.3 Å². The van der Waals surface area contributed by atoms with Crippen molar-refractivity contribution in [2.24, 2.45) is 7.05 Å². The molecule has 8 heteroatoms. The summed E-state index contributed by atoms with van der Waals surface area (Å²) in [6.45, 7) is 0. The Balaban J connectivity index is 1.57. The van der Waals surface area contributed by atoms with Crippen LogP contribution in [0, 0.1) is 0 Å². The van der Waals surface area contributed by atoms with Crippen molar-refractivity contribution in [1.29, 1.82) is 0 Å². The van der Waals surface area contributed by atoms with E-state index in [0.29, 0.717) is 18.4 Å². The molecule has 1 saturated heterocycles. The maximum atomic E-state index is 12.7. The fourth-order valence-corrected chi connectivity index (χ4v) is 3.23. The lowest BCUT2D eigenvalue weighted by atomic mass is 9.95. The molecule has 0 radical (unpaired) electrons. The number of fused-ring (bicyclic) bond motifs is 1. The van der Waals surface area contributed by atoms with Gasteiger partial charge in [0.15, 0.2) is 0 Å². The summed E-state index contributed by atoms with van der Waals surface area (Å²) in [6, 6.07) is 4.91. The predicted molar refractivity (Wildman–Crippen MR) is 89.8 cm³/mol. The van der Waals surface area contributed by atoms with E-state index in [0.717, 1.165) is 11.3 Å². The van der Waals surface area contributed by atoms with Crippen molar-refractivity contribution in [1.82, 2.24) is 29.8 Å². The number of hydrogen-bond donors (Lipinski definition) is 2. The van der Waals surface area contributed by atoms with E-state index in [-0.39, 0.29) is 23.9 Å². The zero-order valence-electron chi connectivity index (χ0n) is 13.7. The highest BCUT2D eigenvalue weighted by Crippen LogP contribution is 2.24. The van der Waals surface area contributed by atoms with E-state index in [1.165, 1.54) is 0 Å². The predicted octanol–water partition coefficient (Wildman–Crippen LogP) is 0.817. The summed E-state index contributed by atoms with van der Waals surface area (Å²) >= 11 is 0. The second kappa shape index (κ2) is 6.04. The van der Waals surface area contributed by atoms with Gasteiger partial charge in [0.1, 0.15) is 5.65 Å². The van der Waals surface area contributed by atoms with Gasteiger partial charge in [-0.25, -0.2) is 4.98 Å². The second-order valence-corrected chi connectivity index (χ2v) is 6.15. The molecule has 1 aliphatic rings. The van der Waals surface area contributed by atoms with Crippen LogP contribution in [-0.2, 0) is 11.8 Å². The average molecular weight is 338 g/mol. The van der Waals surface area contributed by atoms with Gasteiger partial charge in [0.25, 0.3) is 5.91 Å². The van der Waals surface area contributed by atoms with E-state index in [1.807, 2.05) is 13.1 Å². The molecule has 8 nitrogen and oxygen atoms in total. The van der Waals surface area contributed by atoms with Gasteiger partial charge in [-0.2, -0.15) is 5.10 Å². The normalized spacial score (nSPS) is 20.4. The third-order valence-electron chi connectivity index (χ3n) is 4.55. The Morgan fingerprint density at radius 2 is 2.20 bits per heavy atom. The summed E-state index contributed by atoms with van der Waals surface area (Å²) in [5, 5.41) is 10.2. The van der Waals surface area contributed by atoms with Gasteiger partial charge < -0.3 is 15.0 Å². The summed E-state index contributed by atoms with van der Waals surface area (Å²) in [5.41, 5.74) is 2.20. The van der Waals surface area contributed by atoms with Crippen molar-refractivity contribution in [3.8, 4) is 0 Å². The number of nitrogens with one attached hydrogen (secondary N) is 2. The minimum atomic E-state index is -0.297. The number of rotatable bonds is 3. The van der Waals surface area contributed by atoms with Crippen LogP contribution < -0.4 is 10.6 Å². The van der Waals surface area contributed by atoms with Crippen LogP contribution in [-0.4, -0.2) is 37.0 Å². The van der Waals surface area contributed by atoms with E-state index in [2.05, 4.69) is 20.7 Å². The Morgan fingerprint density at radius 3 is 3.00 bits per heavy atom. The van der Waals surface area contributed by atoms with E-state index in [1.54, 1.807) is 46.0 Å². The second-order valence-electron chi connectivity index (χ2n) is 6.15. The lowest BCUT2D eigenvalue weighted by Crippen LogP contribution is -2.50. The monoisotopic (exact) mass is 338 g/mol. The first-order chi connectivity index (χ1) is 12.1. The number of carbonyl (C=O) groups is 2.